The van der Waals surface area contributed by atoms with E-state index in [1.807, 2.05) is 24.3 Å². The van der Waals surface area contributed by atoms with Gasteiger partial charge in [0.15, 0.2) is 0 Å². The van der Waals surface area contributed by atoms with Crippen LogP contribution >= 0.6 is 0 Å². The minimum absolute atomic E-state index is 0. The number of fused-ring (bicyclic) bond motifs is 8. The number of halogens is 2. The number of benzene rings is 8. The Hall–Kier alpha value is -5.74. The third-order valence-electron chi connectivity index (χ3n) is 11.2. The van der Waals surface area contributed by atoms with Crippen LogP contribution < -0.4 is 24.8 Å². The smallest absolute Gasteiger partial charge is 0.0796 e. The second kappa shape index (κ2) is 18.7. The zero-order valence-electron chi connectivity index (χ0n) is 34.2. The normalized spacial score (nSPS) is 10.9. The Morgan fingerprint density at radius 2 is 0.742 bits per heavy atom. The molecule has 62 heavy (non-hydrogen) atoms. The minimum atomic E-state index is 0. The molecular formula is C56H40Cl2O2SiZr-2. The Labute approximate surface area is 388 Å². The summed E-state index contributed by atoms with van der Waals surface area (Å²) in [5, 5.41) is 15.2. The topological polar surface area (TPSA) is 26.3 Å². The Kier molecular flexibility index (Phi) is 13.0. The Morgan fingerprint density at radius 3 is 1.15 bits per heavy atom. The number of furan rings is 2. The van der Waals surface area contributed by atoms with Crippen molar-refractivity contribution in [1.82, 2.24) is 0 Å². The van der Waals surface area contributed by atoms with E-state index in [-0.39, 0.29) is 30.2 Å². The van der Waals surface area contributed by atoms with Gasteiger partial charge in [-0.25, -0.2) is 0 Å². The van der Waals surface area contributed by atoms with Gasteiger partial charge in [0.25, 0.3) is 0 Å². The molecule has 0 aliphatic heterocycles. The van der Waals surface area contributed by atoms with Crippen molar-refractivity contribution in [2.24, 2.45) is 0 Å². The van der Waals surface area contributed by atoms with Crippen molar-refractivity contribution in [2.75, 3.05) is 0 Å². The molecule has 0 saturated heterocycles. The molecule has 12 rings (SSSR count). The van der Waals surface area contributed by atoms with E-state index in [4.69, 9.17) is 8.83 Å². The average molecular weight is 935 g/mol. The number of hydrogen-bond acceptors (Lipinski definition) is 2. The van der Waals surface area contributed by atoms with E-state index in [9.17, 15) is 0 Å². The molecule has 0 saturated carbocycles. The van der Waals surface area contributed by atoms with E-state index in [2.05, 4.69) is 183 Å². The fraction of sp³-hybridized carbons (Fsp3) is 0.0357. The zero-order valence-corrected chi connectivity index (χ0v) is 39.2. The van der Waals surface area contributed by atoms with Gasteiger partial charge in [0.05, 0.1) is 24.0 Å². The molecule has 0 atom stereocenters. The first-order valence-electron chi connectivity index (χ1n) is 20.3. The van der Waals surface area contributed by atoms with Crippen molar-refractivity contribution < 1.29 is 57.0 Å². The van der Waals surface area contributed by atoms with Gasteiger partial charge in [-0.3, -0.25) is 0 Å². The summed E-state index contributed by atoms with van der Waals surface area (Å²) in [5.41, 5.74) is 7.49. The second-order valence-electron chi connectivity index (χ2n) is 15.4. The molecule has 0 amide bonds. The predicted molar refractivity (Wildman–Crippen MR) is 253 cm³/mol. The Balaban J connectivity index is 0.000000153. The molecule has 6 heteroatoms. The van der Waals surface area contributed by atoms with Crippen LogP contribution in [0.15, 0.2) is 215 Å². The first kappa shape index (κ1) is 42.9. The molecule has 2 nitrogen and oxygen atoms in total. The molecule has 0 unspecified atom stereocenters. The van der Waals surface area contributed by atoms with Crippen molar-refractivity contribution >= 4 is 70.1 Å². The van der Waals surface area contributed by atoms with Crippen LogP contribution in [0.2, 0.25) is 13.1 Å². The zero-order chi connectivity index (χ0) is 40.6. The summed E-state index contributed by atoms with van der Waals surface area (Å²) in [4.78, 5) is 0. The molecular weight excluding hydrogens is 895 g/mol. The maximum absolute atomic E-state index is 5.81. The van der Waals surface area contributed by atoms with Crippen LogP contribution in [0.5, 0.6) is 0 Å². The van der Waals surface area contributed by atoms with Gasteiger partial charge in [-0.15, -0.1) is 45.8 Å². The molecule has 0 fully saturated rings. The van der Waals surface area contributed by atoms with Gasteiger partial charge in [0.1, 0.15) is 0 Å². The SMILES string of the molecule is C[Si](C)=[Zr+2].[Cl-].[Cl-].c1coc(-c2[cH-]c3ccccc3c2-c2cccc3ccc4ccccc4c23)c1.c1coc(-c2[cH-]c3ccccc3c2-c2cccc3ccc4ccccc4c23)c1. The molecule has 0 N–H and O–H groups in total. The first-order valence-corrected chi connectivity index (χ1v) is 26.5. The molecule has 0 radical (unpaired) electrons. The van der Waals surface area contributed by atoms with Gasteiger partial charge in [-0.2, -0.15) is 0 Å². The second-order valence-corrected chi connectivity index (χ2v) is 24.8. The molecule has 0 aliphatic carbocycles. The van der Waals surface area contributed by atoms with Crippen LogP contribution in [-0.2, 0) is 23.3 Å². The van der Waals surface area contributed by atoms with Gasteiger partial charge in [0.2, 0.25) is 0 Å². The van der Waals surface area contributed by atoms with Crippen molar-refractivity contribution in [1.29, 1.82) is 0 Å². The van der Waals surface area contributed by atoms with Crippen LogP contribution in [0.25, 0.3) is 110 Å². The van der Waals surface area contributed by atoms with Gasteiger partial charge >= 0.3 is 41.9 Å². The van der Waals surface area contributed by atoms with E-state index >= 15 is 0 Å². The summed E-state index contributed by atoms with van der Waals surface area (Å²) in [5.74, 6) is 1.81. The summed E-state index contributed by atoms with van der Waals surface area (Å²) >= 11 is 1.74. The molecule has 10 aromatic carbocycles. The van der Waals surface area contributed by atoms with E-state index in [1.165, 1.54) is 86.9 Å². The first-order chi connectivity index (χ1) is 29.5. The van der Waals surface area contributed by atoms with E-state index < -0.39 is 0 Å². The fourth-order valence-corrected chi connectivity index (χ4v) is 8.81. The summed E-state index contributed by atoms with van der Waals surface area (Å²) in [6, 6.07) is 68.9. The van der Waals surface area contributed by atoms with Gasteiger partial charge in [-0.1, -0.05) is 180 Å². The molecule has 0 spiro atoms. The van der Waals surface area contributed by atoms with Crippen molar-refractivity contribution in [3.8, 4) is 44.9 Å². The summed E-state index contributed by atoms with van der Waals surface area (Å²) in [7, 11) is 0. The fourth-order valence-electron chi connectivity index (χ4n) is 8.81. The standard InChI is InChI=1S/2C27H17O.C2H6Si.2ClH.Zr/c2*1-3-10-21-18(7-1)14-15-19-9-5-12-23(26(19)21)27-22-11-4-2-8-20(22)17-24(27)25-13-6-16-28-25;1-3-2;;;/h2*1-17H;1-2H3;2*1H;/q2*-1;;;;+2/p-2. The molecule has 2 aromatic heterocycles. The maximum atomic E-state index is 5.81. The quantitative estimate of drug-likeness (QED) is 0.0999. The van der Waals surface area contributed by atoms with Crippen LogP contribution in [-0.4, -0.2) is 5.43 Å². The predicted octanol–water partition coefficient (Wildman–Crippen LogP) is 10.4. The van der Waals surface area contributed by atoms with E-state index in [1.54, 1.807) is 35.9 Å². The number of rotatable bonds is 4. The minimum Gasteiger partial charge on any atom is -1.00 e. The van der Waals surface area contributed by atoms with Gasteiger partial charge in [-0.05, 0) is 66.3 Å². The largest absolute Gasteiger partial charge is 1.00 e. The van der Waals surface area contributed by atoms with E-state index in [0.717, 1.165) is 22.6 Å². The van der Waals surface area contributed by atoms with Crippen LogP contribution in [0.1, 0.15) is 0 Å². The molecule has 12 aromatic rings. The van der Waals surface area contributed by atoms with Crippen molar-refractivity contribution in [2.45, 2.75) is 13.1 Å². The van der Waals surface area contributed by atoms with Gasteiger partial charge < -0.3 is 33.6 Å². The van der Waals surface area contributed by atoms with Gasteiger partial charge in [0, 0.05) is 0 Å². The Morgan fingerprint density at radius 1 is 0.387 bits per heavy atom. The molecule has 300 valence electrons. The maximum Gasteiger partial charge on any atom is 0.0796 e. The number of hydrogen-bond donors (Lipinski definition) is 0. The van der Waals surface area contributed by atoms with Crippen LogP contribution in [0, 0.1) is 0 Å². The van der Waals surface area contributed by atoms with Crippen molar-refractivity contribution in [3.05, 3.63) is 207 Å². The van der Waals surface area contributed by atoms with Crippen LogP contribution in [0.4, 0.5) is 0 Å². The molecule has 0 bridgehead atoms. The summed E-state index contributed by atoms with van der Waals surface area (Å²) in [6.45, 7) is 4.62. The average Bonchev–Trinajstić information content (AvgIpc) is 4.13. The molecule has 2 heterocycles. The third-order valence-corrected chi connectivity index (χ3v) is 11.2. The molecule has 0 aliphatic rings. The van der Waals surface area contributed by atoms with Crippen molar-refractivity contribution in [3.63, 3.8) is 0 Å². The Bertz CT molecular complexity index is 3260. The monoisotopic (exact) mass is 932 g/mol. The van der Waals surface area contributed by atoms with Crippen LogP contribution in [0.3, 0.4) is 0 Å². The summed E-state index contributed by atoms with van der Waals surface area (Å²) < 4.78 is 11.6. The summed E-state index contributed by atoms with van der Waals surface area (Å²) in [6.07, 6.45) is 3.49. The third kappa shape index (κ3) is 8.05. The van der Waals surface area contributed by atoms with E-state index in [0.29, 0.717) is 0 Å².